The molecule has 2 aromatic rings. The first-order valence-electron chi connectivity index (χ1n) is 5.85. The molecule has 5 nitrogen and oxygen atoms in total. The first-order valence-corrected chi connectivity index (χ1v) is 5.85. The molecule has 0 bridgehead atoms. The van der Waals surface area contributed by atoms with E-state index >= 15 is 0 Å². The maximum absolute atomic E-state index is 5.61. The van der Waals surface area contributed by atoms with E-state index in [1.54, 1.807) is 21.3 Å². The summed E-state index contributed by atoms with van der Waals surface area (Å²) in [6.45, 7) is 3.71. The van der Waals surface area contributed by atoms with Crippen LogP contribution in [-0.2, 0) is 0 Å². The summed E-state index contributed by atoms with van der Waals surface area (Å²) in [7, 11) is 4.74. The van der Waals surface area contributed by atoms with Crippen molar-refractivity contribution in [3.63, 3.8) is 0 Å². The first kappa shape index (κ1) is 13.3. The number of methoxy groups -OCH3 is 3. The SMILES string of the molecule is COc1cc(-c2oc(C)nc2C)cc(OC)c1OC. The number of benzene rings is 1. The molecule has 1 aromatic heterocycles. The molecule has 0 saturated carbocycles. The normalized spacial score (nSPS) is 10.4. The number of hydrogen-bond acceptors (Lipinski definition) is 5. The summed E-state index contributed by atoms with van der Waals surface area (Å²) in [6, 6.07) is 3.68. The fraction of sp³-hybridized carbons (Fsp3) is 0.357. The van der Waals surface area contributed by atoms with Crippen molar-refractivity contribution >= 4 is 0 Å². The summed E-state index contributed by atoms with van der Waals surface area (Å²) in [5, 5.41) is 0. The highest BCUT2D eigenvalue weighted by Crippen LogP contribution is 2.41. The van der Waals surface area contributed by atoms with Gasteiger partial charge in [0.25, 0.3) is 0 Å². The highest BCUT2D eigenvalue weighted by molar-refractivity contribution is 5.69. The van der Waals surface area contributed by atoms with Crippen LogP contribution in [0.4, 0.5) is 0 Å². The van der Waals surface area contributed by atoms with Gasteiger partial charge in [-0.15, -0.1) is 0 Å². The molecule has 0 aliphatic heterocycles. The van der Waals surface area contributed by atoms with Crippen molar-refractivity contribution < 1.29 is 18.6 Å². The van der Waals surface area contributed by atoms with Crippen LogP contribution in [0.25, 0.3) is 11.3 Å². The molecule has 0 spiro atoms. The number of aromatic nitrogens is 1. The van der Waals surface area contributed by atoms with Crippen LogP contribution >= 0.6 is 0 Å². The summed E-state index contributed by atoms with van der Waals surface area (Å²) < 4.78 is 21.5. The van der Waals surface area contributed by atoms with Gasteiger partial charge in [0, 0.05) is 12.5 Å². The number of ether oxygens (including phenoxy) is 3. The zero-order chi connectivity index (χ0) is 14.0. The minimum atomic E-state index is 0.558. The van der Waals surface area contributed by atoms with Gasteiger partial charge in [0.15, 0.2) is 23.1 Å². The molecule has 19 heavy (non-hydrogen) atoms. The van der Waals surface area contributed by atoms with E-state index in [9.17, 15) is 0 Å². The van der Waals surface area contributed by atoms with Crippen molar-refractivity contribution in [2.75, 3.05) is 21.3 Å². The highest BCUT2D eigenvalue weighted by atomic mass is 16.5. The van der Waals surface area contributed by atoms with Gasteiger partial charge in [0.05, 0.1) is 27.0 Å². The van der Waals surface area contributed by atoms with E-state index < -0.39 is 0 Å². The van der Waals surface area contributed by atoms with Gasteiger partial charge in [-0.25, -0.2) is 4.98 Å². The molecule has 1 aromatic carbocycles. The van der Waals surface area contributed by atoms with Crippen LogP contribution in [0.1, 0.15) is 11.6 Å². The molecule has 0 unspecified atom stereocenters. The molecular weight excluding hydrogens is 246 g/mol. The zero-order valence-electron chi connectivity index (χ0n) is 11.7. The predicted molar refractivity (Wildman–Crippen MR) is 71.1 cm³/mol. The molecule has 102 valence electrons. The fourth-order valence-electron chi connectivity index (χ4n) is 2.01. The van der Waals surface area contributed by atoms with E-state index in [4.69, 9.17) is 18.6 Å². The van der Waals surface area contributed by atoms with Gasteiger partial charge in [0.1, 0.15) is 0 Å². The number of nitrogens with zero attached hydrogens (tertiary/aromatic N) is 1. The van der Waals surface area contributed by atoms with Crippen molar-refractivity contribution in [2.24, 2.45) is 0 Å². The van der Waals surface area contributed by atoms with Gasteiger partial charge in [0.2, 0.25) is 5.75 Å². The summed E-state index contributed by atoms with van der Waals surface area (Å²) >= 11 is 0. The Morgan fingerprint density at radius 3 is 1.89 bits per heavy atom. The molecule has 0 saturated heterocycles. The number of aryl methyl sites for hydroxylation is 2. The minimum Gasteiger partial charge on any atom is -0.493 e. The maximum atomic E-state index is 5.61. The second kappa shape index (κ2) is 5.22. The molecule has 0 amide bonds. The second-order valence-corrected chi connectivity index (χ2v) is 4.06. The summed E-state index contributed by atoms with van der Waals surface area (Å²) in [4.78, 5) is 4.26. The van der Waals surface area contributed by atoms with Crippen molar-refractivity contribution in [3.8, 4) is 28.6 Å². The third kappa shape index (κ3) is 2.36. The molecule has 0 aliphatic rings. The fourth-order valence-corrected chi connectivity index (χ4v) is 2.01. The number of rotatable bonds is 4. The Balaban J connectivity index is 2.62. The summed E-state index contributed by atoms with van der Waals surface area (Å²) in [5.41, 5.74) is 1.67. The quantitative estimate of drug-likeness (QED) is 0.848. The van der Waals surface area contributed by atoms with E-state index in [2.05, 4.69) is 4.98 Å². The van der Waals surface area contributed by atoms with Crippen LogP contribution in [0, 0.1) is 13.8 Å². The maximum Gasteiger partial charge on any atom is 0.203 e. The van der Waals surface area contributed by atoms with Crippen LogP contribution in [0.3, 0.4) is 0 Å². The van der Waals surface area contributed by atoms with Crippen molar-refractivity contribution in [1.82, 2.24) is 4.98 Å². The smallest absolute Gasteiger partial charge is 0.203 e. The number of oxazole rings is 1. The van der Waals surface area contributed by atoms with Gasteiger partial charge >= 0.3 is 0 Å². The minimum absolute atomic E-state index is 0.558. The third-order valence-electron chi connectivity index (χ3n) is 2.83. The Kier molecular flexibility index (Phi) is 3.64. The zero-order valence-corrected chi connectivity index (χ0v) is 11.7. The van der Waals surface area contributed by atoms with E-state index in [0.717, 1.165) is 11.3 Å². The Morgan fingerprint density at radius 1 is 0.947 bits per heavy atom. The lowest BCUT2D eigenvalue weighted by Gasteiger charge is -2.13. The van der Waals surface area contributed by atoms with Crippen LogP contribution in [-0.4, -0.2) is 26.3 Å². The third-order valence-corrected chi connectivity index (χ3v) is 2.83. The summed E-state index contributed by atoms with van der Waals surface area (Å²) in [5.74, 6) is 3.07. The average molecular weight is 263 g/mol. The second-order valence-electron chi connectivity index (χ2n) is 4.06. The Hall–Kier alpha value is -2.17. The first-order chi connectivity index (χ1) is 9.10. The van der Waals surface area contributed by atoms with Crippen molar-refractivity contribution in [2.45, 2.75) is 13.8 Å². The average Bonchev–Trinajstić information content (AvgIpc) is 2.75. The van der Waals surface area contributed by atoms with Crippen LogP contribution in [0.2, 0.25) is 0 Å². The largest absolute Gasteiger partial charge is 0.493 e. The van der Waals surface area contributed by atoms with Gasteiger partial charge in [-0.05, 0) is 19.1 Å². The molecule has 0 radical (unpaired) electrons. The van der Waals surface area contributed by atoms with Crippen LogP contribution < -0.4 is 14.2 Å². The molecule has 0 atom stereocenters. The Labute approximate surface area is 112 Å². The molecule has 0 aliphatic carbocycles. The molecule has 0 fully saturated rings. The molecule has 0 N–H and O–H groups in total. The predicted octanol–water partition coefficient (Wildman–Crippen LogP) is 2.98. The van der Waals surface area contributed by atoms with Crippen LogP contribution in [0.15, 0.2) is 16.5 Å². The molecule has 1 heterocycles. The lowest BCUT2D eigenvalue weighted by molar-refractivity contribution is 0.324. The van der Waals surface area contributed by atoms with Gasteiger partial charge in [-0.2, -0.15) is 0 Å². The van der Waals surface area contributed by atoms with Gasteiger partial charge in [-0.3, -0.25) is 0 Å². The van der Waals surface area contributed by atoms with E-state index in [0.29, 0.717) is 28.9 Å². The van der Waals surface area contributed by atoms with Gasteiger partial charge < -0.3 is 18.6 Å². The van der Waals surface area contributed by atoms with E-state index in [1.807, 2.05) is 26.0 Å². The van der Waals surface area contributed by atoms with Crippen molar-refractivity contribution in [1.29, 1.82) is 0 Å². The Bertz CT molecular complexity index is 564. The molecule has 2 rings (SSSR count). The van der Waals surface area contributed by atoms with Crippen LogP contribution in [0.5, 0.6) is 17.2 Å². The Morgan fingerprint density at radius 2 is 1.53 bits per heavy atom. The lowest BCUT2D eigenvalue weighted by atomic mass is 10.1. The molecular formula is C14H17NO4. The highest BCUT2D eigenvalue weighted by Gasteiger charge is 2.17. The van der Waals surface area contributed by atoms with Gasteiger partial charge in [-0.1, -0.05) is 0 Å². The molecule has 5 heteroatoms. The topological polar surface area (TPSA) is 53.7 Å². The van der Waals surface area contributed by atoms with Crippen molar-refractivity contribution in [3.05, 3.63) is 23.7 Å². The lowest BCUT2D eigenvalue weighted by Crippen LogP contribution is -1.95. The standard InChI is InChI=1S/C14H17NO4/c1-8-13(19-9(2)15-8)10-6-11(16-3)14(18-5)12(7-10)17-4/h6-7H,1-5H3. The van der Waals surface area contributed by atoms with E-state index in [1.165, 1.54) is 0 Å². The number of hydrogen-bond donors (Lipinski definition) is 0. The van der Waals surface area contributed by atoms with E-state index in [-0.39, 0.29) is 0 Å². The summed E-state index contributed by atoms with van der Waals surface area (Å²) in [6.07, 6.45) is 0. The monoisotopic (exact) mass is 263 g/mol.